The van der Waals surface area contributed by atoms with Gasteiger partial charge in [0, 0.05) is 25.0 Å². The Morgan fingerprint density at radius 3 is 2.84 bits per heavy atom. The monoisotopic (exact) mass is 254 g/mol. The second-order valence-electron chi connectivity index (χ2n) is 4.12. The van der Waals surface area contributed by atoms with Crippen molar-refractivity contribution in [1.82, 2.24) is 19.9 Å². The van der Waals surface area contributed by atoms with Crippen molar-refractivity contribution < 1.29 is 9.90 Å². The second kappa shape index (κ2) is 4.49. The summed E-state index contributed by atoms with van der Waals surface area (Å²) in [7, 11) is 0. The van der Waals surface area contributed by atoms with E-state index in [9.17, 15) is 4.79 Å². The van der Waals surface area contributed by atoms with E-state index in [4.69, 9.17) is 5.11 Å². The van der Waals surface area contributed by atoms with Crippen LogP contribution in [0, 0.1) is 0 Å². The average molecular weight is 254 g/mol. The van der Waals surface area contributed by atoms with Gasteiger partial charge in [0.2, 0.25) is 0 Å². The quantitative estimate of drug-likeness (QED) is 0.741. The number of H-pyrrole nitrogens is 1. The molecule has 94 valence electrons. The van der Waals surface area contributed by atoms with Crippen LogP contribution in [0.3, 0.4) is 0 Å². The van der Waals surface area contributed by atoms with Crippen molar-refractivity contribution in [3.63, 3.8) is 0 Å². The maximum Gasteiger partial charge on any atom is 0.337 e. The summed E-state index contributed by atoms with van der Waals surface area (Å²) in [5.74, 6) is -0.254. The number of pyridine rings is 2. The van der Waals surface area contributed by atoms with Gasteiger partial charge < -0.3 is 10.1 Å². The molecule has 3 rings (SSSR count). The van der Waals surface area contributed by atoms with Crippen LogP contribution in [0.25, 0.3) is 11.2 Å². The van der Waals surface area contributed by atoms with Gasteiger partial charge in [-0.3, -0.25) is 4.98 Å². The van der Waals surface area contributed by atoms with Crippen LogP contribution in [0.5, 0.6) is 0 Å². The Bertz CT molecular complexity index is 737. The number of aromatic amines is 1. The summed E-state index contributed by atoms with van der Waals surface area (Å²) in [5, 5.41) is 8.91. The predicted octanol–water partition coefficient (Wildman–Crippen LogP) is 1.64. The van der Waals surface area contributed by atoms with Crippen LogP contribution >= 0.6 is 0 Å². The molecule has 3 aromatic rings. The number of imidazole rings is 1. The van der Waals surface area contributed by atoms with E-state index in [2.05, 4.69) is 19.9 Å². The standard InChI is InChI=1S/C13H10N4O2/c18-13(19)9-6-10-12(15-7-9)17-11(16-10)5-8-1-3-14-4-2-8/h1-4,6-7H,5H2,(H,18,19)(H,15,16,17). The van der Waals surface area contributed by atoms with Crippen molar-refractivity contribution in [3.8, 4) is 0 Å². The molecule has 0 saturated carbocycles. The molecule has 0 saturated heterocycles. The van der Waals surface area contributed by atoms with E-state index in [0.29, 0.717) is 17.6 Å². The van der Waals surface area contributed by atoms with Crippen LogP contribution < -0.4 is 0 Å². The number of carbonyl (C=O) groups is 1. The Balaban J connectivity index is 1.95. The maximum absolute atomic E-state index is 10.9. The highest BCUT2D eigenvalue weighted by atomic mass is 16.4. The van der Waals surface area contributed by atoms with Crippen molar-refractivity contribution >= 4 is 17.1 Å². The first kappa shape index (κ1) is 11.3. The molecule has 0 atom stereocenters. The van der Waals surface area contributed by atoms with Crippen LogP contribution in [-0.2, 0) is 6.42 Å². The van der Waals surface area contributed by atoms with E-state index in [1.807, 2.05) is 12.1 Å². The number of rotatable bonds is 3. The summed E-state index contributed by atoms with van der Waals surface area (Å²) < 4.78 is 0. The third-order valence-electron chi connectivity index (χ3n) is 2.75. The largest absolute Gasteiger partial charge is 0.478 e. The van der Waals surface area contributed by atoms with Crippen LogP contribution in [0.4, 0.5) is 0 Å². The molecular formula is C13H10N4O2. The summed E-state index contributed by atoms with van der Waals surface area (Å²) in [6.07, 6.45) is 5.38. The molecule has 0 amide bonds. The minimum absolute atomic E-state index is 0.145. The summed E-state index contributed by atoms with van der Waals surface area (Å²) in [6.45, 7) is 0. The Morgan fingerprint density at radius 2 is 2.11 bits per heavy atom. The number of aromatic carboxylic acids is 1. The van der Waals surface area contributed by atoms with Gasteiger partial charge in [-0.25, -0.2) is 14.8 Å². The molecule has 3 heterocycles. The van der Waals surface area contributed by atoms with Gasteiger partial charge in [0.1, 0.15) is 5.82 Å². The van der Waals surface area contributed by atoms with E-state index in [1.165, 1.54) is 12.3 Å². The van der Waals surface area contributed by atoms with Crippen LogP contribution in [0.2, 0.25) is 0 Å². The second-order valence-corrected chi connectivity index (χ2v) is 4.12. The fourth-order valence-corrected chi connectivity index (χ4v) is 1.84. The number of nitrogens with one attached hydrogen (secondary N) is 1. The number of fused-ring (bicyclic) bond motifs is 1. The summed E-state index contributed by atoms with van der Waals surface area (Å²) in [4.78, 5) is 26.3. The van der Waals surface area contributed by atoms with Gasteiger partial charge in [-0.15, -0.1) is 0 Å². The van der Waals surface area contributed by atoms with E-state index in [0.717, 1.165) is 11.4 Å². The first-order chi connectivity index (χ1) is 9.22. The molecule has 0 aromatic carbocycles. The molecule has 0 aliphatic rings. The van der Waals surface area contributed by atoms with Gasteiger partial charge in [0.25, 0.3) is 0 Å². The Labute approximate surface area is 108 Å². The number of carboxylic acids is 1. The molecule has 0 radical (unpaired) electrons. The molecule has 3 aromatic heterocycles. The highest BCUT2D eigenvalue weighted by Gasteiger charge is 2.09. The predicted molar refractivity (Wildman–Crippen MR) is 67.9 cm³/mol. The number of carboxylic acid groups (broad SMARTS) is 1. The van der Waals surface area contributed by atoms with Crippen molar-refractivity contribution in [2.24, 2.45) is 0 Å². The minimum Gasteiger partial charge on any atom is -0.478 e. The molecule has 0 bridgehead atoms. The number of nitrogens with zero attached hydrogens (tertiary/aromatic N) is 3. The molecule has 0 aliphatic heterocycles. The first-order valence-electron chi connectivity index (χ1n) is 5.69. The van der Waals surface area contributed by atoms with Crippen LogP contribution in [0.1, 0.15) is 21.7 Å². The lowest BCUT2D eigenvalue weighted by molar-refractivity contribution is 0.0696. The minimum atomic E-state index is -1.00. The van der Waals surface area contributed by atoms with Gasteiger partial charge in [0.15, 0.2) is 5.65 Å². The van der Waals surface area contributed by atoms with Crippen molar-refractivity contribution in [1.29, 1.82) is 0 Å². The summed E-state index contributed by atoms with van der Waals surface area (Å²) >= 11 is 0. The van der Waals surface area contributed by atoms with Crippen molar-refractivity contribution in [2.45, 2.75) is 6.42 Å². The SMILES string of the molecule is O=C(O)c1cnc2nc(Cc3ccncc3)[nH]c2c1. The zero-order valence-electron chi connectivity index (χ0n) is 9.87. The lowest BCUT2D eigenvalue weighted by atomic mass is 10.2. The van der Waals surface area contributed by atoms with E-state index in [-0.39, 0.29) is 5.56 Å². The van der Waals surface area contributed by atoms with Crippen LogP contribution in [0.15, 0.2) is 36.8 Å². The molecule has 0 spiro atoms. The summed E-state index contributed by atoms with van der Waals surface area (Å²) in [6, 6.07) is 5.35. The molecular weight excluding hydrogens is 244 g/mol. The van der Waals surface area contributed by atoms with Gasteiger partial charge in [0.05, 0.1) is 11.1 Å². The molecule has 19 heavy (non-hydrogen) atoms. The fourth-order valence-electron chi connectivity index (χ4n) is 1.84. The smallest absolute Gasteiger partial charge is 0.337 e. The lowest BCUT2D eigenvalue weighted by Gasteiger charge is -1.95. The maximum atomic E-state index is 10.9. The lowest BCUT2D eigenvalue weighted by Crippen LogP contribution is -1.96. The zero-order valence-corrected chi connectivity index (χ0v) is 9.87. The van der Waals surface area contributed by atoms with E-state index < -0.39 is 5.97 Å². The third kappa shape index (κ3) is 2.28. The number of aromatic nitrogens is 4. The van der Waals surface area contributed by atoms with E-state index >= 15 is 0 Å². The van der Waals surface area contributed by atoms with Crippen LogP contribution in [-0.4, -0.2) is 31.0 Å². The first-order valence-corrected chi connectivity index (χ1v) is 5.69. The van der Waals surface area contributed by atoms with Crippen molar-refractivity contribution in [2.75, 3.05) is 0 Å². The Hall–Kier alpha value is -2.76. The highest BCUT2D eigenvalue weighted by molar-refractivity contribution is 5.90. The Kier molecular flexibility index (Phi) is 2.68. The normalized spacial score (nSPS) is 10.7. The summed E-state index contributed by atoms with van der Waals surface area (Å²) in [5.41, 5.74) is 2.37. The van der Waals surface area contributed by atoms with Gasteiger partial charge in [-0.05, 0) is 23.8 Å². The molecule has 0 unspecified atom stereocenters. The number of hydrogen-bond donors (Lipinski definition) is 2. The van der Waals surface area contributed by atoms with Gasteiger partial charge in [-0.1, -0.05) is 0 Å². The fraction of sp³-hybridized carbons (Fsp3) is 0.0769. The molecule has 2 N–H and O–H groups in total. The van der Waals surface area contributed by atoms with Gasteiger partial charge in [-0.2, -0.15) is 0 Å². The van der Waals surface area contributed by atoms with Gasteiger partial charge >= 0.3 is 5.97 Å². The highest BCUT2D eigenvalue weighted by Crippen LogP contribution is 2.13. The number of hydrogen-bond acceptors (Lipinski definition) is 4. The molecule has 0 aliphatic carbocycles. The Morgan fingerprint density at radius 1 is 1.32 bits per heavy atom. The van der Waals surface area contributed by atoms with E-state index in [1.54, 1.807) is 12.4 Å². The van der Waals surface area contributed by atoms with Crippen molar-refractivity contribution in [3.05, 3.63) is 53.7 Å². The third-order valence-corrected chi connectivity index (χ3v) is 2.75. The molecule has 6 heteroatoms. The molecule has 0 fully saturated rings. The topological polar surface area (TPSA) is 91.8 Å². The zero-order chi connectivity index (χ0) is 13.2. The molecule has 6 nitrogen and oxygen atoms in total. The average Bonchev–Trinajstić information content (AvgIpc) is 2.80.